The van der Waals surface area contributed by atoms with Crippen LogP contribution >= 0.6 is 23.4 Å². The van der Waals surface area contributed by atoms with E-state index in [1.54, 1.807) is 6.20 Å². The number of nitrogens with one attached hydrogen (secondary N) is 1. The zero-order valence-corrected chi connectivity index (χ0v) is 15.6. The lowest BCUT2D eigenvalue weighted by Gasteiger charge is -2.12. The van der Waals surface area contributed by atoms with E-state index in [1.165, 1.54) is 11.8 Å². The average Bonchev–Trinajstić information content (AvgIpc) is 3.06. The largest absolute Gasteiger partial charge is 0.325 e. The molecule has 0 aliphatic heterocycles. The Hall–Kier alpha value is -2.24. The molecule has 0 unspecified atom stereocenters. The summed E-state index contributed by atoms with van der Waals surface area (Å²) in [6, 6.07) is 13.5. The van der Waals surface area contributed by atoms with Gasteiger partial charge in [0, 0.05) is 23.1 Å². The van der Waals surface area contributed by atoms with Gasteiger partial charge in [-0.3, -0.25) is 9.36 Å². The molecule has 4 nitrogen and oxygen atoms in total. The summed E-state index contributed by atoms with van der Waals surface area (Å²) in [5.74, 6) is 0.224. The Morgan fingerprint density at radius 1 is 1.20 bits per heavy atom. The van der Waals surface area contributed by atoms with Gasteiger partial charge < -0.3 is 5.32 Å². The number of carbonyl (C=O) groups excluding carboxylic acids is 1. The lowest BCUT2D eigenvalue weighted by Crippen LogP contribution is -2.15. The molecule has 6 heteroatoms. The van der Waals surface area contributed by atoms with Gasteiger partial charge in [0.2, 0.25) is 5.91 Å². The van der Waals surface area contributed by atoms with Gasteiger partial charge in [-0.2, -0.15) is 0 Å². The molecule has 0 spiro atoms. The summed E-state index contributed by atoms with van der Waals surface area (Å²) in [5.41, 5.74) is 3.82. The number of para-hydroxylation sites is 1. The molecule has 0 radical (unpaired) electrons. The molecule has 0 saturated heterocycles. The van der Waals surface area contributed by atoms with E-state index in [0.717, 1.165) is 27.7 Å². The van der Waals surface area contributed by atoms with E-state index in [0.29, 0.717) is 5.02 Å². The molecule has 0 bridgehead atoms. The first kappa shape index (κ1) is 17.6. The number of carbonyl (C=O) groups is 1. The van der Waals surface area contributed by atoms with Crippen molar-refractivity contribution in [1.29, 1.82) is 0 Å². The summed E-state index contributed by atoms with van der Waals surface area (Å²) < 4.78 is 1.95. The number of benzene rings is 2. The van der Waals surface area contributed by atoms with Gasteiger partial charge in [-0.25, -0.2) is 4.98 Å². The topological polar surface area (TPSA) is 46.9 Å². The van der Waals surface area contributed by atoms with Crippen LogP contribution in [0.2, 0.25) is 5.02 Å². The number of aromatic nitrogens is 2. The Balaban J connectivity index is 1.71. The van der Waals surface area contributed by atoms with E-state index in [2.05, 4.69) is 10.3 Å². The number of nitrogens with zero attached hydrogens (tertiary/aromatic N) is 2. The molecule has 0 aliphatic rings. The quantitative estimate of drug-likeness (QED) is 0.650. The molecule has 2 aromatic carbocycles. The van der Waals surface area contributed by atoms with Gasteiger partial charge in [0.25, 0.3) is 0 Å². The molecular weight excluding hydrogens is 354 g/mol. The van der Waals surface area contributed by atoms with Crippen LogP contribution in [-0.2, 0) is 4.79 Å². The van der Waals surface area contributed by atoms with Crippen molar-refractivity contribution in [3.63, 3.8) is 0 Å². The Labute approximate surface area is 156 Å². The minimum atomic E-state index is -0.0586. The maximum atomic E-state index is 12.2. The highest BCUT2D eigenvalue weighted by Gasteiger charge is 2.12. The molecule has 1 N–H and O–H groups in total. The summed E-state index contributed by atoms with van der Waals surface area (Å²) in [6.07, 6.45) is 3.60. The van der Waals surface area contributed by atoms with Gasteiger partial charge >= 0.3 is 0 Å². The molecule has 1 aromatic heterocycles. The number of amides is 1. The van der Waals surface area contributed by atoms with E-state index in [9.17, 15) is 4.79 Å². The third-order valence-corrected chi connectivity index (χ3v) is 5.23. The molecule has 3 aromatic rings. The van der Waals surface area contributed by atoms with Gasteiger partial charge in [0.15, 0.2) is 5.16 Å². The minimum Gasteiger partial charge on any atom is -0.325 e. The van der Waals surface area contributed by atoms with Gasteiger partial charge in [-0.15, -0.1) is 0 Å². The third-order valence-electron chi connectivity index (χ3n) is 3.86. The van der Waals surface area contributed by atoms with Crippen molar-refractivity contribution in [1.82, 2.24) is 9.55 Å². The molecule has 1 amide bonds. The smallest absolute Gasteiger partial charge is 0.234 e. The standard InChI is InChI=1S/C19H18ClN3OS/c1-13-6-3-4-8-16(13)22-18(24)12-25-19-21-10-11-23(19)17-9-5-7-15(20)14(17)2/h3-11H,12H2,1-2H3,(H,22,24). The van der Waals surface area contributed by atoms with Crippen molar-refractivity contribution in [2.45, 2.75) is 19.0 Å². The number of halogens is 1. The fourth-order valence-corrected chi connectivity index (χ4v) is 3.40. The Morgan fingerprint density at radius 2 is 2.00 bits per heavy atom. The van der Waals surface area contributed by atoms with Crippen LogP contribution in [0.1, 0.15) is 11.1 Å². The van der Waals surface area contributed by atoms with Crippen molar-refractivity contribution < 1.29 is 4.79 Å². The van der Waals surface area contributed by atoms with Crippen LogP contribution < -0.4 is 5.32 Å². The number of thioether (sulfide) groups is 1. The second-order valence-electron chi connectivity index (χ2n) is 5.62. The van der Waals surface area contributed by atoms with Crippen LogP contribution in [-0.4, -0.2) is 21.2 Å². The first-order chi connectivity index (χ1) is 12.1. The predicted octanol–water partition coefficient (Wildman–Crippen LogP) is 4.87. The van der Waals surface area contributed by atoms with Gasteiger partial charge in [-0.05, 0) is 43.2 Å². The van der Waals surface area contributed by atoms with Crippen LogP contribution in [0.15, 0.2) is 60.0 Å². The summed E-state index contributed by atoms with van der Waals surface area (Å²) in [7, 11) is 0. The average molecular weight is 372 g/mol. The van der Waals surface area contributed by atoms with E-state index in [4.69, 9.17) is 11.6 Å². The number of anilines is 1. The lowest BCUT2D eigenvalue weighted by molar-refractivity contribution is -0.113. The van der Waals surface area contributed by atoms with Gasteiger partial charge in [-0.1, -0.05) is 47.6 Å². The van der Waals surface area contributed by atoms with E-state index < -0.39 is 0 Å². The minimum absolute atomic E-state index is 0.0586. The molecule has 0 aliphatic carbocycles. The molecule has 25 heavy (non-hydrogen) atoms. The molecule has 1 heterocycles. The molecule has 0 atom stereocenters. The monoisotopic (exact) mass is 371 g/mol. The fraction of sp³-hybridized carbons (Fsp3) is 0.158. The second-order valence-corrected chi connectivity index (χ2v) is 6.97. The summed E-state index contributed by atoms with van der Waals surface area (Å²) >= 11 is 7.60. The zero-order chi connectivity index (χ0) is 17.8. The van der Waals surface area contributed by atoms with E-state index >= 15 is 0 Å². The van der Waals surface area contributed by atoms with Crippen LogP contribution in [0.4, 0.5) is 5.69 Å². The van der Waals surface area contributed by atoms with Crippen molar-refractivity contribution in [2.24, 2.45) is 0 Å². The molecule has 128 valence electrons. The number of hydrogen-bond acceptors (Lipinski definition) is 3. The molecule has 3 rings (SSSR count). The highest BCUT2D eigenvalue weighted by molar-refractivity contribution is 7.99. The fourth-order valence-electron chi connectivity index (χ4n) is 2.47. The highest BCUT2D eigenvalue weighted by Crippen LogP contribution is 2.26. The van der Waals surface area contributed by atoms with Crippen LogP contribution in [0.5, 0.6) is 0 Å². The van der Waals surface area contributed by atoms with Crippen molar-refractivity contribution in [3.8, 4) is 5.69 Å². The molecule has 0 fully saturated rings. The van der Waals surface area contributed by atoms with E-state index in [-0.39, 0.29) is 11.7 Å². The van der Waals surface area contributed by atoms with Crippen LogP contribution in [0, 0.1) is 13.8 Å². The van der Waals surface area contributed by atoms with Crippen LogP contribution in [0.3, 0.4) is 0 Å². The third kappa shape index (κ3) is 4.06. The molecular formula is C19H18ClN3OS. The first-order valence-corrected chi connectivity index (χ1v) is 9.19. The Morgan fingerprint density at radius 3 is 2.80 bits per heavy atom. The van der Waals surface area contributed by atoms with Crippen molar-refractivity contribution in [2.75, 3.05) is 11.1 Å². The number of aryl methyl sites for hydroxylation is 1. The van der Waals surface area contributed by atoms with Gasteiger partial charge in [0.05, 0.1) is 11.4 Å². The Kier molecular flexibility index (Phi) is 5.46. The van der Waals surface area contributed by atoms with Crippen molar-refractivity contribution in [3.05, 3.63) is 71.0 Å². The molecule has 0 saturated carbocycles. The number of rotatable bonds is 5. The van der Waals surface area contributed by atoms with Gasteiger partial charge in [0.1, 0.15) is 0 Å². The number of imidazole rings is 1. The summed E-state index contributed by atoms with van der Waals surface area (Å²) in [6.45, 7) is 3.94. The highest BCUT2D eigenvalue weighted by atomic mass is 35.5. The zero-order valence-electron chi connectivity index (χ0n) is 14.0. The summed E-state index contributed by atoms with van der Waals surface area (Å²) in [5, 5.41) is 4.40. The maximum absolute atomic E-state index is 12.2. The Bertz CT molecular complexity index is 907. The number of hydrogen-bond donors (Lipinski definition) is 1. The van der Waals surface area contributed by atoms with Crippen molar-refractivity contribution >= 4 is 35.0 Å². The SMILES string of the molecule is Cc1ccccc1NC(=O)CSc1nccn1-c1cccc(Cl)c1C. The first-order valence-electron chi connectivity index (χ1n) is 7.83. The summed E-state index contributed by atoms with van der Waals surface area (Å²) in [4.78, 5) is 16.6. The predicted molar refractivity (Wildman–Crippen MR) is 104 cm³/mol. The normalized spacial score (nSPS) is 10.7. The van der Waals surface area contributed by atoms with Crippen LogP contribution in [0.25, 0.3) is 5.69 Å². The maximum Gasteiger partial charge on any atom is 0.234 e. The van der Waals surface area contributed by atoms with E-state index in [1.807, 2.05) is 67.1 Å². The second kappa shape index (κ2) is 7.76. The lowest BCUT2D eigenvalue weighted by atomic mass is 10.2.